The molecule has 0 saturated heterocycles. The Bertz CT molecular complexity index is 565. The first-order valence-electron chi connectivity index (χ1n) is 6.61. The molecule has 0 aliphatic heterocycles. The van der Waals surface area contributed by atoms with Crippen LogP contribution >= 0.6 is 0 Å². The fourth-order valence-corrected chi connectivity index (χ4v) is 1.91. The Kier molecular flexibility index (Phi) is 4.70. The Morgan fingerprint density at radius 2 is 2.25 bits per heavy atom. The van der Waals surface area contributed by atoms with E-state index < -0.39 is 0 Å². The number of nitrogens with one attached hydrogen (secondary N) is 2. The molecule has 0 radical (unpaired) electrons. The van der Waals surface area contributed by atoms with Crippen molar-refractivity contribution in [2.24, 2.45) is 0 Å². The van der Waals surface area contributed by atoms with Gasteiger partial charge in [-0.25, -0.2) is 4.98 Å². The van der Waals surface area contributed by atoms with Crippen LogP contribution in [0.2, 0.25) is 0 Å². The molecule has 6 heteroatoms. The number of amides is 1. The molecule has 2 aromatic heterocycles. The van der Waals surface area contributed by atoms with E-state index in [-0.39, 0.29) is 5.91 Å². The number of nitrogens with zero attached hydrogens (tertiary/aromatic N) is 3. The summed E-state index contributed by atoms with van der Waals surface area (Å²) >= 11 is 0. The van der Waals surface area contributed by atoms with E-state index in [0.717, 1.165) is 18.7 Å². The minimum atomic E-state index is -0.0764. The summed E-state index contributed by atoms with van der Waals surface area (Å²) in [6.07, 6.45) is 4.50. The number of anilines is 1. The maximum Gasteiger partial charge on any atom is 0.251 e. The molecule has 2 heterocycles. The van der Waals surface area contributed by atoms with E-state index >= 15 is 0 Å². The summed E-state index contributed by atoms with van der Waals surface area (Å²) in [6, 6.07) is 5.41. The van der Waals surface area contributed by atoms with Crippen molar-refractivity contribution in [1.29, 1.82) is 0 Å². The fourth-order valence-electron chi connectivity index (χ4n) is 1.91. The average Bonchev–Trinajstić information content (AvgIpc) is 2.95. The van der Waals surface area contributed by atoms with Crippen LogP contribution in [0.15, 0.2) is 30.6 Å². The first-order chi connectivity index (χ1) is 9.69. The van der Waals surface area contributed by atoms with Gasteiger partial charge in [-0.2, -0.15) is 5.10 Å². The van der Waals surface area contributed by atoms with Crippen molar-refractivity contribution >= 4 is 11.7 Å². The van der Waals surface area contributed by atoms with Crippen LogP contribution in [0.4, 0.5) is 5.82 Å². The van der Waals surface area contributed by atoms with Gasteiger partial charge in [0.2, 0.25) is 0 Å². The van der Waals surface area contributed by atoms with Gasteiger partial charge in [0, 0.05) is 43.8 Å². The summed E-state index contributed by atoms with van der Waals surface area (Å²) < 4.78 is 1.85. The van der Waals surface area contributed by atoms with Crippen molar-refractivity contribution in [3.05, 3.63) is 41.9 Å². The maximum atomic E-state index is 12.0. The number of carbonyl (C=O) groups excluding carboxylic acids is 1. The lowest BCUT2D eigenvalue weighted by molar-refractivity contribution is 0.0952. The highest BCUT2D eigenvalue weighted by Gasteiger charge is 2.07. The summed E-state index contributed by atoms with van der Waals surface area (Å²) in [5.41, 5.74) is 1.44. The topological polar surface area (TPSA) is 71.8 Å². The van der Waals surface area contributed by atoms with E-state index in [9.17, 15) is 4.79 Å². The zero-order valence-corrected chi connectivity index (χ0v) is 11.8. The fraction of sp³-hybridized carbons (Fsp3) is 0.357. The second-order valence-corrected chi connectivity index (χ2v) is 4.51. The van der Waals surface area contributed by atoms with Crippen molar-refractivity contribution in [3.63, 3.8) is 0 Å². The molecule has 0 atom stereocenters. The Morgan fingerprint density at radius 1 is 1.40 bits per heavy atom. The smallest absolute Gasteiger partial charge is 0.251 e. The number of aromatic nitrogens is 3. The molecule has 2 aromatic rings. The van der Waals surface area contributed by atoms with Crippen LogP contribution in [0, 0.1) is 6.92 Å². The van der Waals surface area contributed by atoms with Gasteiger partial charge in [-0.3, -0.25) is 9.48 Å². The second kappa shape index (κ2) is 6.70. The van der Waals surface area contributed by atoms with E-state index in [1.807, 2.05) is 23.9 Å². The van der Waals surface area contributed by atoms with E-state index in [0.29, 0.717) is 17.9 Å². The molecule has 6 nitrogen and oxygen atoms in total. The predicted octanol–water partition coefficient (Wildman–Crippen LogP) is 1.45. The molecule has 0 aliphatic rings. The van der Waals surface area contributed by atoms with Crippen LogP contribution in [-0.2, 0) is 6.54 Å². The lowest BCUT2D eigenvalue weighted by Crippen LogP contribution is -2.25. The molecule has 0 unspecified atom stereocenters. The molecule has 2 rings (SSSR count). The molecule has 106 valence electrons. The predicted molar refractivity (Wildman–Crippen MR) is 77.7 cm³/mol. The van der Waals surface area contributed by atoms with E-state index in [1.54, 1.807) is 25.4 Å². The lowest BCUT2D eigenvalue weighted by atomic mass is 10.2. The zero-order chi connectivity index (χ0) is 14.4. The molecule has 0 aromatic carbocycles. The quantitative estimate of drug-likeness (QED) is 0.781. The molecular formula is C14H19N5O. The number of hydrogen-bond donors (Lipinski definition) is 2. The minimum absolute atomic E-state index is 0.0764. The Morgan fingerprint density at radius 3 is 2.95 bits per heavy atom. The molecule has 0 bridgehead atoms. The number of rotatable bonds is 6. The van der Waals surface area contributed by atoms with Gasteiger partial charge in [-0.05, 0) is 31.5 Å². The maximum absolute atomic E-state index is 12.0. The summed E-state index contributed by atoms with van der Waals surface area (Å²) in [7, 11) is 1.79. The van der Waals surface area contributed by atoms with Crippen LogP contribution in [0.5, 0.6) is 0 Å². The Hall–Kier alpha value is -2.37. The van der Waals surface area contributed by atoms with Crippen molar-refractivity contribution in [2.75, 3.05) is 18.9 Å². The summed E-state index contributed by atoms with van der Waals surface area (Å²) in [4.78, 5) is 16.3. The second-order valence-electron chi connectivity index (χ2n) is 4.51. The van der Waals surface area contributed by atoms with Crippen molar-refractivity contribution in [1.82, 2.24) is 20.1 Å². The van der Waals surface area contributed by atoms with Gasteiger partial charge in [0.05, 0.1) is 0 Å². The van der Waals surface area contributed by atoms with Crippen molar-refractivity contribution in [2.45, 2.75) is 19.9 Å². The highest BCUT2D eigenvalue weighted by molar-refractivity contribution is 5.94. The SMILES string of the molecule is CNc1cc(C(=O)NCCCn2cccn2)cc(C)n1. The van der Waals surface area contributed by atoms with Crippen LogP contribution in [0.25, 0.3) is 0 Å². The molecule has 1 amide bonds. The van der Waals surface area contributed by atoms with E-state index in [1.165, 1.54) is 0 Å². The highest BCUT2D eigenvalue weighted by atomic mass is 16.1. The standard InChI is InChI=1S/C14H19N5O/c1-11-9-12(10-13(15-2)18-11)14(20)16-5-3-7-19-8-4-6-17-19/h4,6,8-10H,3,5,7H2,1-2H3,(H,15,18)(H,16,20). The first-order valence-corrected chi connectivity index (χ1v) is 6.61. The zero-order valence-electron chi connectivity index (χ0n) is 11.8. The third kappa shape index (κ3) is 3.81. The molecule has 0 spiro atoms. The van der Waals surface area contributed by atoms with Crippen LogP contribution in [0.1, 0.15) is 22.5 Å². The molecule has 0 aliphatic carbocycles. The van der Waals surface area contributed by atoms with Crippen LogP contribution in [-0.4, -0.2) is 34.3 Å². The van der Waals surface area contributed by atoms with E-state index in [4.69, 9.17) is 0 Å². The van der Waals surface area contributed by atoms with Gasteiger partial charge in [-0.15, -0.1) is 0 Å². The van der Waals surface area contributed by atoms with Crippen LogP contribution < -0.4 is 10.6 Å². The van der Waals surface area contributed by atoms with Crippen LogP contribution in [0.3, 0.4) is 0 Å². The Balaban J connectivity index is 1.83. The average molecular weight is 273 g/mol. The lowest BCUT2D eigenvalue weighted by Gasteiger charge is -2.08. The number of carbonyl (C=O) groups is 1. The normalized spacial score (nSPS) is 10.3. The van der Waals surface area contributed by atoms with Gasteiger partial charge in [0.25, 0.3) is 5.91 Å². The van der Waals surface area contributed by atoms with Gasteiger partial charge >= 0.3 is 0 Å². The summed E-state index contributed by atoms with van der Waals surface area (Å²) in [5.74, 6) is 0.624. The molecule has 0 saturated carbocycles. The Labute approximate surface area is 118 Å². The largest absolute Gasteiger partial charge is 0.373 e. The molecule has 0 fully saturated rings. The minimum Gasteiger partial charge on any atom is -0.373 e. The van der Waals surface area contributed by atoms with E-state index in [2.05, 4.69) is 20.7 Å². The summed E-state index contributed by atoms with van der Waals surface area (Å²) in [5, 5.41) is 9.96. The third-order valence-corrected chi connectivity index (χ3v) is 2.88. The van der Waals surface area contributed by atoms with Gasteiger partial charge < -0.3 is 10.6 Å². The highest BCUT2D eigenvalue weighted by Crippen LogP contribution is 2.09. The van der Waals surface area contributed by atoms with Gasteiger partial charge in [-0.1, -0.05) is 0 Å². The van der Waals surface area contributed by atoms with Crippen molar-refractivity contribution in [3.8, 4) is 0 Å². The van der Waals surface area contributed by atoms with Gasteiger partial charge in [0.1, 0.15) is 5.82 Å². The molecule has 20 heavy (non-hydrogen) atoms. The molecular weight excluding hydrogens is 254 g/mol. The van der Waals surface area contributed by atoms with Gasteiger partial charge in [0.15, 0.2) is 0 Å². The first kappa shape index (κ1) is 14.0. The van der Waals surface area contributed by atoms with Crippen molar-refractivity contribution < 1.29 is 4.79 Å². The number of aryl methyl sites for hydroxylation is 2. The summed E-state index contributed by atoms with van der Waals surface area (Å²) in [6.45, 7) is 3.29. The monoisotopic (exact) mass is 273 g/mol. The number of hydrogen-bond acceptors (Lipinski definition) is 4. The molecule has 2 N–H and O–H groups in total. The number of pyridine rings is 1. The third-order valence-electron chi connectivity index (χ3n) is 2.88.